The lowest BCUT2D eigenvalue weighted by atomic mass is 9.92. The van der Waals surface area contributed by atoms with Gasteiger partial charge in [-0.2, -0.15) is 0 Å². The maximum Gasteiger partial charge on any atom is 0.00103 e. The Kier molecular flexibility index (Phi) is 7.14. The van der Waals surface area contributed by atoms with Gasteiger partial charge in [0.25, 0.3) is 0 Å². The molecular weight excluding hydrogens is 208 g/mol. The molecule has 2 atom stereocenters. The normalized spacial score (nSPS) is 26.6. The SMILES string of the molecule is CC1CC(C)CN(CCCCCNC(C)C)C1. The summed E-state index contributed by atoms with van der Waals surface area (Å²) in [6, 6.07) is 0.638. The van der Waals surface area contributed by atoms with E-state index < -0.39 is 0 Å². The summed E-state index contributed by atoms with van der Waals surface area (Å²) in [5, 5.41) is 3.48. The van der Waals surface area contributed by atoms with Crippen LogP contribution in [0.2, 0.25) is 0 Å². The summed E-state index contributed by atoms with van der Waals surface area (Å²) in [5.74, 6) is 1.81. The van der Waals surface area contributed by atoms with Crippen molar-refractivity contribution in [3.63, 3.8) is 0 Å². The first kappa shape index (κ1) is 15.0. The molecule has 0 bridgehead atoms. The number of hydrogen-bond donors (Lipinski definition) is 1. The highest BCUT2D eigenvalue weighted by Gasteiger charge is 2.20. The zero-order chi connectivity index (χ0) is 12.7. The largest absolute Gasteiger partial charge is 0.315 e. The number of likely N-dealkylation sites (tertiary alicyclic amines) is 1. The predicted octanol–water partition coefficient (Wildman–Crippen LogP) is 3.13. The second-order valence-electron chi connectivity index (χ2n) is 6.38. The van der Waals surface area contributed by atoms with Crippen LogP contribution in [0.25, 0.3) is 0 Å². The fourth-order valence-electron chi connectivity index (χ4n) is 3.00. The Balaban J connectivity index is 1.98. The van der Waals surface area contributed by atoms with Crippen molar-refractivity contribution in [1.29, 1.82) is 0 Å². The molecule has 0 aliphatic carbocycles. The molecule has 1 fully saturated rings. The lowest BCUT2D eigenvalue weighted by Crippen LogP contribution is -2.39. The van der Waals surface area contributed by atoms with E-state index in [0.29, 0.717) is 6.04 Å². The van der Waals surface area contributed by atoms with Gasteiger partial charge in [-0.15, -0.1) is 0 Å². The average Bonchev–Trinajstić information content (AvgIpc) is 2.21. The number of nitrogens with one attached hydrogen (secondary N) is 1. The van der Waals surface area contributed by atoms with Crippen LogP contribution < -0.4 is 5.32 Å². The van der Waals surface area contributed by atoms with Crippen LogP contribution >= 0.6 is 0 Å². The highest BCUT2D eigenvalue weighted by molar-refractivity contribution is 4.74. The molecule has 0 aromatic rings. The molecule has 2 heteroatoms. The zero-order valence-corrected chi connectivity index (χ0v) is 12.3. The van der Waals surface area contributed by atoms with Gasteiger partial charge in [0.15, 0.2) is 0 Å². The first-order valence-corrected chi connectivity index (χ1v) is 7.53. The van der Waals surface area contributed by atoms with Gasteiger partial charge < -0.3 is 10.2 Å². The van der Waals surface area contributed by atoms with Gasteiger partial charge in [-0.05, 0) is 44.2 Å². The standard InChI is InChI=1S/C15H32N2/c1-13(2)16-8-6-5-7-9-17-11-14(3)10-15(4)12-17/h13-16H,5-12H2,1-4H3. The molecule has 0 aromatic carbocycles. The van der Waals surface area contributed by atoms with Crippen LogP contribution in [0.3, 0.4) is 0 Å². The van der Waals surface area contributed by atoms with Crippen LogP contribution in [0.15, 0.2) is 0 Å². The van der Waals surface area contributed by atoms with Crippen LogP contribution in [0.4, 0.5) is 0 Å². The van der Waals surface area contributed by atoms with Crippen molar-refractivity contribution in [2.24, 2.45) is 11.8 Å². The van der Waals surface area contributed by atoms with Crippen LogP contribution in [0, 0.1) is 11.8 Å². The van der Waals surface area contributed by atoms with E-state index in [4.69, 9.17) is 0 Å². The summed E-state index contributed by atoms with van der Waals surface area (Å²) >= 11 is 0. The van der Waals surface area contributed by atoms with Gasteiger partial charge in [0.1, 0.15) is 0 Å². The summed E-state index contributed by atoms with van der Waals surface area (Å²) < 4.78 is 0. The van der Waals surface area contributed by atoms with Gasteiger partial charge in [-0.25, -0.2) is 0 Å². The molecule has 2 unspecified atom stereocenters. The van der Waals surface area contributed by atoms with E-state index in [2.05, 4.69) is 37.9 Å². The van der Waals surface area contributed by atoms with Crippen LogP contribution in [0.1, 0.15) is 53.4 Å². The van der Waals surface area contributed by atoms with Crippen LogP contribution in [-0.2, 0) is 0 Å². The van der Waals surface area contributed by atoms with Gasteiger partial charge in [0.2, 0.25) is 0 Å². The van der Waals surface area contributed by atoms with E-state index in [1.54, 1.807) is 0 Å². The Labute approximate surface area is 108 Å². The summed E-state index contributed by atoms with van der Waals surface area (Å²) in [5.41, 5.74) is 0. The van der Waals surface area contributed by atoms with Crippen molar-refractivity contribution in [2.45, 2.75) is 59.4 Å². The van der Waals surface area contributed by atoms with E-state index in [1.807, 2.05) is 0 Å². The molecule has 0 saturated carbocycles. The summed E-state index contributed by atoms with van der Waals surface area (Å²) in [4.78, 5) is 2.68. The van der Waals surface area contributed by atoms with E-state index in [0.717, 1.165) is 11.8 Å². The fraction of sp³-hybridized carbons (Fsp3) is 1.00. The van der Waals surface area contributed by atoms with Crippen molar-refractivity contribution in [3.8, 4) is 0 Å². The van der Waals surface area contributed by atoms with E-state index in [1.165, 1.54) is 51.9 Å². The molecule has 0 amide bonds. The van der Waals surface area contributed by atoms with Gasteiger partial charge in [0.05, 0.1) is 0 Å². The van der Waals surface area contributed by atoms with E-state index >= 15 is 0 Å². The lowest BCUT2D eigenvalue weighted by Gasteiger charge is -2.34. The molecule has 1 aliphatic heterocycles. The molecular formula is C15H32N2. The first-order valence-electron chi connectivity index (χ1n) is 7.53. The Hall–Kier alpha value is -0.0800. The second-order valence-corrected chi connectivity index (χ2v) is 6.38. The fourth-order valence-corrected chi connectivity index (χ4v) is 3.00. The van der Waals surface area contributed by atoms with E-state index in [9.17, 15) is 0 Å². The first-order chi connectivity index (χ1) is 8.08. The number of nitrogens with zero attached hydrogens (tertiary/aromatic N) is 1. The highest BCUT2D eigenvalue weighted by Crippen LogP contribution is 2.21. The minimum atomic E-state index is 0.638. The molecule has 0 aromatic heterocycles. The van der Waals surface area contributed by atoms with Crippen LogP contribution in [0.5, 0.6) is 0 Å². The Morgan fingerprint density at radius 2 is 1.71 bits per heavy atom. The van der Waals surface area contributed by atoms with Gasteiger partial charge in [0, 0.05) is 19.1 Å². The molecule has 17 heavy (non-hydrogen) atoms. The highest BCUT2D eigenvalue weighted by atomic mass is 15.1. The molecule has 1 saturated heterocycles. The monoisotopic (exact) mass is 240 g/mol. The lowest BCUT2D eigenvalue weighted by molar-refractivity contribution is 0.139. The van der Waals surface area contributed by atoms with Gasteiger partial charge in [-0.1, -0.05) is 34.1 Å². The molecule has 0 spiro atoms. The maximum absolute atomic E-state index is 3.48. The molecule has 0 radical (unpaired) electrons. The number of hydrogen-bond acceptors (Lipinski definition) is 2. The van der Waals surface area contributed by atoms with Gasteiger partial charge in [-0.3, -0.25) is 0 Å². The van der Waals surface area contributed by atoms with Crippen molar-refractivity contribution in [1.82, 2.24) is 10.2 Å². The summed E-state index contributed by atoms with van der Waals surface area (Å²) in [6.07, 6.45) is 5.50. The number of piperidine rings is 1. The molecule has 1 heterocycles. The van der Waals surface area contributed by atoms with Gasteiger partial charge >= 0.3 is 0 Å². The number of unbranched alkanes of at least 4 members (excludes halogenated alkanes) is 2. The smallest absolute Gasteiger partial charge is 0.00103 e. The van der Waals surface area contributed by atoms with Crippen molar-refractivity contribution in [2.75, 3.05) is 26.2 Å². The molecule has 1 rings (SSSR count). The quantitative estimate of drug-likeness (QED) is 0.688. The van der Waals surface area contributed by atoms with Crippen molar-refractivity contribution < 1.29 is 0 Å². The minimum absolute atomic E-state index is 0.638. The molecule has 2 nitrogen and oxygen atoms in total. The molecule has 1 aliphatic rings. The van der Waals surface area contributed by atoms with Crippen molar-refractivity contribution in [3.05, 3.63) is 0 Å². The number of rotatable bonds is 7. The third-order valence-electron chi connectivity index (χ3n) is 3.65. The van der Waals surface area contributed by atoms with E-state index in [-0.39, 0.29) is 0 Å². The Morgan fingerprint density at radius 3 is 2.29 bits per heavy atom. The Bertz CT molecular complexity index is 181. The van der Waals surface area contributed by atoms with Crippen molar-refractivity contribution >= 4 is 0 Å². The average molecular weight is 240 g/mol. The Morgan fingerprint density at radius 1 is 1.06 bits per heavy atom. The maximum atomic E-state index is 3.48. The topological polar surface area (TPSA) is 15.3 Å². The summed E-state index contributed by atoms with van der Waals surface area (Å²) in [6.45, 7) is 14.4. The zero-order valence-electron chi connectivity index (χ0n) is 12.3. The second kappa shape index (κ2) is 8.10. The molecule has 102 valence electrons. The summed E-state index contributed by atoms with van der Waals surface area (Å²) in [7, 11) is 0. The predicted molar refractivity (Wildman–Crippen MR) is 76.4 cm³/mol. The third-order valence-corrected chi connectivity index (χ3v) is 3.65. The van der Waals surface area contributed by atoms with Crippen LogP contribution in [-0.4, -0.2) is 37.1 Å². The third kappa shape index (κ3) is 7.05. The molecule has 1 N–H and O–H groups in total. The minimum Gasteiger partial charge on any atom is -0.315 e.